The fraction of sp³-hybridized carbons (Fsp3) is 0.316. The van der Waals surface area contributed by atoms with Crippen molar-refractivity contribution in [1.82, 2.24) is 15.2 Å². The highest BCUT2D eigenvalue weighted by atomic mass is 35.5. The molecule has 0 spiro atoms. The summed E-state index contributed by atoms with van der Waals surface area (Å²) >= 11 is 5.99. The lowest BCUT2D eigenvalue weighted by Gasteiger charge is -2.32. The number of nitrogens with zero attached hydrogens (tertiary/aromatic N) is 3. The Bertz CT molecular complexity index is 883. The zero-order valence-corrected chi connectivity index (χ0v) is 15.8. The maximum absolute atomic E-state index is 12.4. The van der Waals surface area contributed by atoms with Crippen molar-refractivity contribution >= 4 is 29.1 Å². The van der Waals surface area contributed by atoms with Gasteiger partial charge in [0.1, 0.15) is 0 Å². The quantitative estimate of drug-likeness (QED) is 0.611. The first-order valence-corrected chi connectivity index (χ1v) is 9.25. The molecule has 1 fully saturated rings. The number of hydrogen-bond donors (Lipinski definition) is 1. The van der Waals surface area contributed by atoms with Crippen LogP contribution in [0, 0.1) is 16.0 Å². The molecule has 2 amide bonds. The van der Waals surface area contributed by atoms with Crippen LogP contribution in [0.5, 0.6) is 0 Å². The highest BCUT2D eigenvalue weighted by Gasteiger charge is 2.24. The first-order chi connectivity index (χ1) is 13.5. The van der Waals surface area contributed by atoms with Gasteiger partial charge >= 0.3 is 0 Å². The molecule has 2 aromatic rings. The number of carbonyl (C=O) groups is 2. The molecule has 0 unspecified atom stereocenters. The molecule has 2 heterocycles. The number of piperidine rings is 1. The number of nitro benzene ring substituents is 1. The van der Waals surface area contributed by atoms with E-state index in [1.54, 1.807) is 29.4 Å². The standard InChI is InChI=1S/C19H19ClN4O4/c20-17-10-15(24(27)28)3-4-16(17)18(25)22-11-13-5-8-23(9-6-13)19(26)14-2-1-7-21-12-14/h1-4,7,10,12-13H,5-6,8-9,11H2,(H,22,25). The van der Waals surface area contributed by atoms with Gasteiger partial charge in [0.15, 0.2) is 0 Å². The Balaban J connectivity index is 1.49. The molecule has 1 N–H and O–H groups in total. The van der Waals surface area contributed by atoms with E-state index in [1.807, 2.05) is 0 Å². The lowest BCUT2D eigenvalue weighted by atomic mass is 9.96. The third-order valence-corrected chi connectivity index (χ3v) is 5.08. The van der Waals surface area contributed by atoms with E-state index in [1.165, 1.54) is 18.2 Å². The molecule has 28 heavy (non-hydrogen) atoms. The molecule has 1 aliphatic rings. The van der Waals surface area contributed by atoms with Gasteiger partial charge in [-0.1, -0.05) is 11.6 Å². The lowest BCUT2D eigenvalue weighted by Crippen LogP contribution is -2.41. The number of nitrogens with one attached hydrogen (secondary N) is 1. The van der Waals surface area contributed by atoms with Gasteiger partial charge in [0.2, 0.25) is 0 Å². The summed E-state index contributed by atoms with van der Waals surface area (Å²) in [7, 11) is 0. The van der Waals surface area contributed by atoms with E-state index in [0.717, 1.165) is 12.8 Å². The van der Waals surface area contributed by atoms with E-state index in [4.69, 9.17) is 11.6 Å². The van der Waals surface area contributed by atoms with Crippen LogP contribution in [-0.4, -0.2) is 46.3 Å². The van der Waals surface area contributed by atoms with Crippen LogP contribution in [-0.2, 0) is 0 Å². The molecule has 0 saturated carbocycles. The number of carbonyl (C=O) groups excluding carboxylic acids is 2. The van der Waals surface area contributed by atoms with Crippen molar-refractivity contribution in [2.45, 2.75) is 12.8 Å². The van der Waals surface area contributed by atoms with Crippen molar-refractivity contribution in [3.8, 4) is 0 Å². The van der Waals surface area contributed by atoms with Gasteiger partial charge in [-0.2, -0.15) is 0 Å². The molecule has 0 bridgehead atoms. The van der Waals surface area contributed by atoms with Crippen LogP contribution in [0.25, 0.3) is 0 Å². The highest BCUT2D eigenvalue weighted by Crippen LogP contribution is 2.23. The van der Waals surface area contributed by atoms with Crippen LogP contribution in [0.15, 0.2) is 42.7 Å². The van der Waals surface area contributed by atoms with Gasteiger partial charge < -0.3 is 10.2 Å². The van der Waals surface area contributed by atoms with Crippen LogP contribution >= 0.6 is 11.6 Å². The van der Waals surface area contributed by atoms with Gasteiger partial charge in [-0.3, -0.25) is 24.7 Å². The Morgan fingerprint density at radius 3 is 2.64 bits per heavy atom. The Hall–Kier alpha value is -3.00. The number of aromatic nitrogens is 1. The zero-order valence-electron chi connectivity index (χ0n) is 15.0. The normalized spacial score (nSPS) is 14.5. The molecule has 8 nitrogen and oxygen atoms in total. The van der Waals surface area contributed by atoms with Gasteiger partial charge in [-0.05, 0) is 37.0 Å². The number of nitro groups is 1. The Morgan fingerprint density at radius 2 is 2.04 bits per heavy atom. The number of non-ortho nitro benzene ring substituents is 1. The Kier molecular flexibility index (Phi) is 6.20. The van der Waals surface area contributed by atoms with E-state index >= 15 is 0 Å². The third kappa shape index (κ3) is 4.64. The minimum atomic E-state index is -0.561. The van der Waals surface area contributed by atoms with E-state index in [9.17, 15) is 19.7 Å². The zero-order chi connectivity index (χ0) is 20.1. The summed E-state index contributed by atoms with van der Waals surface area (Å²) in [5.41, 5.74) is 0.616. The number of hydrogen-bond acceptors (Lipinski definition) is 5. The van der Waals surface area contributed by atoms with Crippen LogP contribution in [0.2, 0.25) is 5.02 Å². The van der Waals surface area contributed by atoms with Crippen molar-refractivity contribution in [2.75, 3.05) is 19.6 Å². The van der Waals surface area contributed by atoms with Gasteiger partial charge in [0, 0.05) is 44.2 Å². The average molecular weight is 403 g/mol. The minimum absolute atomic E-state index is 0.0340. The molecule has 146 valence electrons. The summed E-state index contributed by atoms with van der Waals surface area (Å²) in [6.07, 6.45) is 4.74. The monoisotopic (exact) mass is 402 g/mol. The molecule has 0 aliphatic carbocycles. The fourth-order valence-electron chi connectivity index (χ4n) is 3.15. The number of halogens is 1. The molecule has 1 saturated heterocycles. The van der Waals surface area contributed by atoms with E-state index < -0.39 is 4.92 Å². The lowest BCUT2D eigenvalue weighted by molar-refractivity contribution is -0.384. The second-order valence-electron chi connectivity index (χ2n) is 6.61. The summed E-state index contributed by atoms with van der Waals surface area (Å²) in [6, 6.07) is 7.25. The van der Waals surface area contributed by atoms with Crippen LogP contribution in [0.3, 0.4) is 0 Å². The summed E-state index contributed by atoms with van der Waals surface area (Å²) in [5, 5.41) is 13.6. The molecule has 1 aromatic carbocycles. The van der Waals surface area contributed by atoms with Crippen LogP contribution < -0.4 is 5.32 Å². The minimum Gasteiger partial charge on any atom is -0.352 e. The summed E-state index contributed by atoms with van der Waals surface area (Å²) in [6.45, 7) is 1.69. The smallest absolute Gasteiger partial charge is 0.270 e. The molecular formula is C19H19ClN4O4. The SMILES string of the molecule is O=C(NCC1CCN(C(=O)c2cccnc2)CC1)c1ccc([N+](=O)[O-])cc1Cl. The van der Waals surface area contributed by atoms with Crippen LogP contribution in [0.4, 0.5) is 5.69 Å². The number of pyridine rings is 1. The Labute approximate surface area is 166 Å². The highest BCUT2D eigenvalue weighted by molar-refractivity contribution is 6.34. The topological polar surface area (TPSA) is 105 Å². The van der Waals surface area contributed by atoms with Gasteiger partial charge in [-0.15, -0.1) is 0 Å². The maximum atomic E-state index is 12.4. The first-order valence-electron chi connectivity index (χ1n) is 8.87. The van der Waals surface area contributed by atoms with Crippen molar-refractivity contribution in [3.05, 3.63) is 69.0 Å². The molecule has 0 radical (unpaired) electrons. The molecule has 9 heteroatoms. The molecule has 1 aromatic heterocycles. The van der Waals surface area contributed by atoms with Gasteiger partial charge in [-0.25, -0.2) is 0 Å². The molecule has 0 atom stereocenters. The summed E-state index contributed by atoms with van der Waals surface area (Å²) < 4.78 is 0. The molecule has 1 aliphatic heterocycles. The average Bonchev–Trinajstić information content (AvgIpc) is 2.72. The van der Waals surface area contributed by atoms with Crippen molar-refractivity contribution in [3.63, 3.8) is 0 Å². The van der Waals surface area contributed by atoms with E-state index in [0.29, 0.717) is 25.2 Å². The van der Waals surface area contributed by atoms with Gasteiger partial charge in [0.25, 0.3) is 17.5 Å². The fourth-order valence-corrected chi connectivity index (χ4v) is 3.41. The number of rotatable bonds is 5. The van der Waals surface area contributed by atoms with Crippen molar-refractivity contribution in [2.24, 2.45) is 5.92 Å². The van der Waals surface area contributed by atoms with E-state index in [2.05, 4.69) is 10.3 Å². The second kappa shape index (κ2) is 8.79. The predicted molar refractivity (Wildman–Crippen MR) is 103 cm³/mol. The Morgan fingerprint density at radius 1 is 1.29 bits per heavy atom. The number of amides is 2. The van der Waals surface area contributed by atoms with Crippen molar-refractivity contribution < 1.29 is 14.5 Å². The number of likely N-dealkylation sites (tertiary alicyclic amines) is 1. The van der Waals surface area contributed by atoms with E-state index in [-0.39, 0.29) is 34.0 Å². The maximum Gasteiger partial charge on any atom is 0.270 e. The number of benzene rings is 1. The second-order valence-corrected chi connectivity index (χ2v) is 7.02. The largest absolute Gasteiger partial charge is 0.352 e. The summed E-state index contributed by atoms with van der Waals surface area (Å²) in [5.74, 6) is -0.152. The predicted octanol–water partition coefficient (Wildman–Crippen LogP) is 2.93. The molecular weight excluding hydrogens is 384 g/mol. The third-order valence-electron chi connectivity index (χ3n) is 4.77. The first kappa shape index (κ1) is 19.8. The molecule has 3 rings (SSSR count). The van der Waals surface area contributed by atoms with Crippen molar-refractivity contribution in [1.29, 1.82) is 0 Å². The summed E-state index contributed by atoms with van der Waals surface area (Å²) in [4.78, 5) is 40.7. The van der Waals surface area contributed by atoms with Gasteiger partial charge in [0.05, 0.1) is 21.1 Å². The van der Waals surface area contributed by atoms with Crippen LogP contribution in [0.1, 0.15) is 33.6 Å².